The summed E-state index contributed by atoms with van der Waals surface area (Å²) in [5.41, 5.74) is 4.17. The van der Waals surface area contributed by atoms with E-state index in [4.69, 9.17) is 0 Å². The molecule has 0 saturated heterocycles. The molecule has 0 amide bonds. The van der Waals surface area contributed by atoms with Crippen molar-refractivity contribution in [2.45, 2.75) is 23.9 Å². The molecule has 132 valence electrons. The lowest BCUT2D eigenvalue weighted by molar-refractivity contribution is 1.01. The lowest BCUT2D eigenvalue weighted by Gasteiger charge is -2.08. The van der Waals surface area contributed by atoms with Gasteiger partial charge >= 0.3 is 0 Å². The van der Waals surface area contributed by atoms with Crippen LogP contribution in [0.1, 0.15) is 16.8 Å². The molecule has 4 rings (SSSR count). The number of aromatic nitrogens is 4. The van der Waals surface area contributed by atoms with Crippen LogP contribution >= 0.6 is 34.4 Å². The molecule has 1 aromatic carbocycles. The molecule has 0 aliphatic carbocycles. The molecule has 9 heteroatoms. The fourth-order valence-corrected chi connectivity index (χ4v) is 4.81. The van der Waals surface area contributed by atoms with E-state index < -0.39 is 0 Å². The van der Waals surface area contributed by atoms with Gasteiger partial charge in [-0.05, 0) is 31.0 Å². The Morgan fingerprint density at radius 1 is 1.27 bits per heavy atom. The molecular formula is C17H15N5OS3. The lowest BCUT2D eigenvalue weighted by atomic mass is 10.1. The van der Waals surface area contributed by atoms with Gasteiger partial charge in [-0.1, -0.05) is 35.2 Å². The second-order valence-corrected chi connectivity index (χ2v) is 8.75. The van der Waals surface area contributed by atoms with Crippen molar-refractivity contribution in [2.75, 3.05) is 5.32 Å². The third-order valence-corrected chi connectivity index (χ3v) is 6.71. The second-order valence-electron chi connectivity index (χ2n) is 5.68. The Labute approximate surface area is 162 Å². The van der Waals surface area contributed by atoms with Gasteiger partial charge in [-0.15, -0.1) is 21.5 Å². The number of nitrogens with one attached hydrogen (secondary N) is 1. The molecule has 4 aromatic rings. The Kier molecular flexibility index (Phi) is 4.75. The van der Waals surface area contributed by atoms with Crippen LogP contribution in [-0.4, -0.2) is 19.6 Å². The van der Waals surface area contributed by atoms with Crippen LogP contribution in [0.25, 0.3) is 4.96 Å². The standard InChI is InChI=1S/C17H15N5OS3/c1-10-4-3-5-13(11(10)2)19-15-20-21-17(26-15)25-9-12-8-14(23)22-6-7-24-16(22)18-12/h3-8H,9H2,1-2H3,(H,19,20). The molecule has 26 heavy (non-hydrogen) atoms. The molecule has 0 bridgehead atoms. The Balaban J connectivity index is 1.46. The Morgan fingerprint density at radius 2 is 2.15 bits per heavy atom. The highest BCUT2D eigenvalue weighted by Crippen LogP contribution is 2.30. The molecular weight excluding hydrogens is 386 g/mol. The third kappa shape index (κ3) is 3.50. The van der Waals surface area contributed by atoms with Crippen molar-refractivity contribution in [3.63, 3.8) is 0 Å². The van der Waals surface area contributed by atoms with Gasteiger partial charge in [-0.25, -0.2) is 4.98 Å². The van der Waals surface area contributed by atoms with Crippen LogP contribution in [0.5, 0.6) is 0 Å². The lowest BCUT2D eigenvalue weighted by Crippen LogP contribution is -2.12. The maximum absolute atomic E-state index is 12.0. The van der Waals surface area contributed by atoms with Crippen LogP contribution in [0.3, 0.4) is 0 Å². The van der Waals surface area contributed by atoms with Gasteiger partial charge in [0.1, 0.15) is 0 Å². The van der Waals surface area contributed by atoms with Gasteiger partial charge in [-0.2, -0.15) is 0 Å². The fraction of sp³-hybridized carbons (Fsp3) is 0.176. The molecule has 1 N–H and O–H groups in total. The molecule has 0 fully saturated rings. The average molecular weight is 402 g/mol. The van der Waals surface area contributed by atoms with Crippen molar-refractivity contribution in [3.8, 4) is 0 Å². The molecule has 0 saturated carbocycles. The minimum Gasteiger partial charge on any atom is -0.330 e. The van der Waals surface area contributed by atoms with Gasteiger partial charge in [0.15, 0.2) is 9.30 Å². The highest BCUT2D eigenvalue weighted by molar-refractivity contribution is 8.00. The molecule has 0 unspecified atom stereocenters. The number of thioether (sulfide) groups is 1. The first-order valence-corrected chi connectivity index (χ1v) is 10.5. The van der Waals surface area contributed by atoms with E-state index in [-0.39, 0.29) is 5.56 Å². The predicted molar refractivity (Wildman–Crippen MR) is 108 cm³/mol. The molecule has 0 atom stereocenters. The van der Waals surface area contributed by atoms with Gasteiger partial charge < -0.3 is 5.32 Å². The largest absolute Gasteiger partial charge is 0.330 e. The van der Waals surface area contributed by atoms with E-state index in [1.54, 1.807) is 16.7 Å². The molecule has 3 heterocycles. The highest BCUT2D eigenvalue weighted by Gasteiger charge is 2.09. The van der Waals surface area contributed by atoms with Gasteiger partial charge in [0, 0.05) is 29.1 Å². The van der Waals surface area contributed by atoms with E-state index in [9.17, 15) is 4.79 Å². The summed E-state index contributed by atoms with van der Waals surface area (Å²) in [4.78, 5) is 17.2. The predicted octanol–water partition coefficient (Wildman–Crippen LogP) is 4.26. The number of anilines is 2. The van der Waals surface area contributed by atoms with E-state index in [2.05, 4.69) is 40.4 Å². The fourth-order valence-electron chi connectivity index (χ4n) is 2.42. The van der Waals surface area contributed by atoms with Crippen LogP contribution in [0.15, 0.2) is 45.0 Å². The number of benzene rings is 1. The maximum atomic E-state index is 12.0. The molecule has 6 nitrogen and oxygen atoms in total. The minimum atomic E-state index is -0.0543. The van der Waals surface area contributed by atoms with Crippen molar-refractivity contribution >= 4 is 50.2 Å². The van der Waals surface area contributed by atoms with Crippen molar-refractivity contribution in [2.24, 2.45) is 0 Å². The number of nitrogens with zero attached hydrogens (tertiary/aromatic N) is 4. The quantitative estimate of drug-likeness (QED) is 0.504. The van der Waals surface area contributed by atoms with Crippen molar-refractivity contribution in [1.82, 2.24) is 19.6 Å². The first-order chi connectivity index (χ1) is 12.6. The van der Waals surface area contributed by atoms with Crippen LogP contribution in [-0.2, 0) is 5.75 Å². The normalized spacial score (nSPS) is 11.2. The maximum Gasteiger partial charge on any atom is 0.258 e. The van der Waals surface area contributed by atoms with Gasteiger partial charge in [0.05, 0.1) is 5.69 Å². The summed E-state index contributed by atoms with van der Waals surface area (Å²) in [5, 5.41) is 14.4. The van der Waals surface area contributed by atoms with E-state index in [0.717, 1.165) is 20.9 Å². The molecule has 3 aromatic heterocycles. The van der Waals surface area contributed by atoms with Crippen LogP contribution in [0, 0.1) is 13.8 Å². The second kappa shape index (κ2) is 7.18. The summed E-state index contributed by atoms with van der Waals surface area (Å²) >= 11 is 4.48. The Hall–Kier alpha value is -2.23. The average Bonchev–Trinajstić information content (AvgIpc) is 3.26. The zero-order valence-corrected chi connectivity index (χ0v) is 16.5. The first-order valence-electron chi connectivity index (χ1n) is 7.85. The molecule has 0 radical (unpaired) electrons. The molecule has 0 aliphatic rings. The van der Waals surface area contributed by atoms with Gasteiger partial charge in [0.2, 0.25) is 5.13 Å². The van der Waals surface area contributed by atoms with E-state index >= 15 is 0 Å². The summed E-state index contributed by atoms with van der Waals surface area (Å²) < 4.78 is 2.39. The summed E-state index contributed by atoms with van der Waals surface area (Å²) in [6.45, 7) is 4.17. The van der Waals surface area contributed by atoms with Gasteiger partial charge in [-0.3, -0.25) is 9.20 Å². The summed E-state index contributed by atoms with van der Waals surface area (Å²) in [6, 6.07) is 7.71. The molecule has 0 aliphatic heterocycles. The summed E-state index contributed by atoms with van der Waals surface area (Å²) in [7, 11) is 0. The summed E-state index contributed by atoms with van der Waals surface area (Å²) in [5.74, 6) is 0.585. The number of aryl methyl sites for hydroxylation is 1. The zero-order valence-electron chi connectivity index (χ0n) is 14.1. The number of hydrogen-bond acceptors (Lipinski definition) is 8. The van der Waals surface area contributed by atoms with Crippen molar-refractivity contribution in [3.05, 3.63) is 63.0 Å². The Bertz CT molecular complexity index is 1130. The van der Waals surface area contributed by atoms with E-state index in [1.165, 1.54) is 45.6 Å². The number of thiazole rings is 1. The van der Waals surface area contributed by atoms with E-state index in [1.807, 2.05) is 17.5 Å². The minimum absolute atomic E-state index is 0.0543. The topological polar surface area (TPSA) is 72.2 Å². The van der Waals surface area contributed by atoms with Crippen molar-refractivity contribution in [1.29, 1.82) is 0 Å². The molecule has 0 spiro atoms. The van der Waals surface area contributed by atoms with Gasteiger partial charge in [0.25, 0.3) is 5.56 Å². The summed E-state index contributed by atoms with van der Waals surface area (Å²) in [6.07, 6.45) is 1.74. The SMILES string of the molecule is Cc1cccc(Nc2nnc(SCc3cc(=O)n4ccsc4n3)s2)c1C. The highest BCUT2D eigenvalue weighted by atomic mass is 32.2. The third-order valence-electron chi connectivity index (χ3n) is 3.95. The smallest absolute Gasteiger partial charge is 0.258 e. The zero-order chi connectivity index (χ0) is 18.1. The Morgan fingerprint density at radius 3 is 3.04 bits per heavy atom. The first kappa shape index (κ1) is 17.2. The number of hydrogen-bond donors (Lipinski definition) is 1. The van der Waals surface area contributed by atoms with Crippen LogP contribution < -0.4 is 10.9 Å². The number of fused-ring (bicyclic) bond motifs is 1. The monoisotopic (exact) mass is 401 g/mol. The van der Waals surface area contributed by atoms with Crippen molar-refractivity contribution < 1.29 is 0 Å². The van der Waals surface area contributed by atoms with Crippen LogP contribution in [0.4, 0.5) is 10.8 Å². The van der Waals surface area contributed by atoms with E-state index in [0.29, 0.717) is 10.7 Å². The van der Waals surface area contributed by atoms with Crippen LogP contribution in [0.2, 0.25) is 0 Å². The number of rotatable bonds is 5.